The van der Waals surface area contributed by atoms with Crippen LogP contribution in [0.5, 0.6) is 0 Å². The van der Waals surface area contributed by atoms with E-state index in [1.807, 2.05) is 13.8 Å². The molecule has 0 heterocycles. The average molecular weight is 161 g/mol. The summed E-state index contributed by atoms with van der Waals surface area (Å²) in [5, 5.41) is 18.9. The van der Waals surface area contributed by atoms with Gasteiger partial charge in [0.25, 0.3) is 0 Å². The van der Waals surface area contributed by atoms with Crippen molar-refractivity contribution in [2.75, 3.05) is 20.7 Å². The van der Waals surface area contributed by atoms with Crippen LogP contribution >= 0.6 is 0 Å². The van der Waals surface area contributed by atoms with E-state index in [-0.39, 0.29) is 6.61 Å². The van der Waals surface area contributed by atoms with Crippen LogP contribution in [-0.2, 0) is 0 Å². The third kappa shape index (κ3) is 1.92. The molecule has 0 spiro atoms. The van der Waals surface area contributed by atoms with Crippen LogP contribution in [0.25, 0.3) is 0 Å². The Morgan fingerprint density at radius 2 is 1.55 bits per heavy atom. The summed E-state index contributed by atoms with van der Waals surface area (Å²) in [6.07, 6.45) is 0. The molecule has 3 heteroatoms. The van der Waals surface area contributed by atoms with Gasteiger partial charge in [0, 0.05) is 5.41 Å². The van der Waals surface area contributed by atoms with Gasteiger partial charge in [0.15, 0.2) is 0 Å². The fourth-order valence-electron chi connectivity index (χ4n) is 0.755. The Kier molecular flexibility index (Phi) is 3.06. The summed E-state index contributed by atoms with van der Waals surface area (Å²) >= 11 is 0. The Balaban J connectivity index is 4.53. The van der Waals surface area contributed by atoms with Crippen LogP contribution in [0.3, 0.4) is 0 Å². The van der Waals surface area contributed by atoms with E-state index in [9.17, 15) is 5.11 Å². The molecule has 0 bridgehead atoms. The Labute approximate surface area is 68.6 Å². The maximum absolute atomic E-state index is 9.89. The molecule has 0 aromatic heterocycles. The Morgan fingerprint density at radius 3 is 1.64 bits per heavy atom. The van der Waals surface area contributed by atoms with Gasteiger partial charge in [0.1, 0.15) is 5.72 Å². The summed E-state index contributed by atoms with van der Waals surface area (Å²) in [5.74, 6) is 0. The zero-order chi connectivity index (χ0) is 9.28. The van der Waals surface area contributed by atoms with Gasteiger partial charge in [-0.1, -0.05) is 13.8 Å². The Hall–Kier alpha value is -0.120. The van der Waals surface area contributed by atoms with Crippen LogP contribution in [0.4, 0.5) is 0 Å². The van der Waals surface area contributed by atoms with Crippen LogP contribution in [0.15, 0.2) is 0 Å². The highest BCUT2D eigenvalue weighted by Gasteiger charge is 2.40. The van der Waals surface area contributed by atoms with Crippen molar-refractivity contribution in [2.24, 2.45) is 5.41 Å². The summed E-state index contributed by atoms with van der Waals surface area (Å²) in [5.41, 5.74) is -1.47. The Morgan fingerprint density at radius 1 is 1.18 bits per heavy atom. The molecule has 3 nitrogen and oxygen atoms in total. The fourth-order valence-corrected chi connectivity index (χ4v) is 0.755. The standard InChI is InChI=1S/C8H19NO2/c1-7(2,6-10)8(3,11)9(4)5/h10-11H,6H2,1-5H3. The molecule has 68 valence electrons. The van der Waals surface area contributed by atoms with Crippen molar-refractivity contribution in [3.63, 3.8) is 0 Å². The molecule has 0 fully saturated rings. The molecule has 0 aliphatic carbocycles. The number of aliphatic hydroxyl groups excluding tert-OH is 1. The lowest BCUT2D eigenvalue weighted by atomic mass is 9.82. The fraction of sp³-hybridized carbons (Fsp3) is 1.00. The molecule has 1 atom stereocenters. The van der Waals surface area contributed by atoms with Crippen molar-refractivity contribution < 1.29 is 10.2 Å². The van der Waals surface area contributed by atoms with Crippen LogP contribution < -0.4 is 0 Å². The smallest absolute Gasteiger partial charge is 0.122 e. The first-order valence-electron chi connectivity index (χ1n) is 3.76. The normalized spacial score (nSPS) is 18.5. The van der Waals surface area contributed by atoms with Gasteiger partial charge in [-0.2, -0.15) is 0 Å². The SMILES string of the molecule is CN(C)C(C)(O)C(C)(C)CO. The van der Waals surface area contributed by atoms with Gasteiger partial charge in [0.2, 0.25) is 0 Å². The molecule has 2 N–H and O–H groups in total. The second-order valence-electron chi connectivity index (χ2n) is 3.96. The second kappa shape index (κ2) is 3.09. The van der Waals surface area contributed by atoms with Gasteiger partial charge in [0.05, 0.1) is 6.61 Å². The summed E-state index contributed by atoms with van der Waals surface area (Å²) in [6.45, 7) is 5.32. The highest BCUT2D eigenvalue weighted by atomic mass is 16.3. The van der Waals surface area contributed by atoms with E-state index in [0.29, 0.717) is 0 Å². The third-order valence-electron chi connectivity index (χ3n) is 2.55. The molecule has 0 amide bonds. The summed E-state index contributed by atoms with van der Waals surface area (Å²) in [7, 11) is 3.58. The lowest BCUT2D eigenvalue weighted by Crippen LogP contribution is -2.54. The van der Waals surface area contributed by atoms with E-state index in [0.717, 1.165) is 0 Å². The third-order valence-corrected chi connectivity index (χ3v) is 2.55. The molecule has 0 aromatic carbocycles. The molecule has 0 radical (unpaired) electrons. The predicted molar refractivity (Wildman–Crippen MR) is 45.2 cm³/mol. The molecule has 0 aromatic rings. The van der Waals surface area contributed by atoms with Gasteiger partial charge >= 0.3 is 0 Å². The van der Waals surface area contributed by atoms with Crippen LogP contribution in [0.2, 0.25) is 0 Å². The van der Waals surface area contributed by atoms with Crippen molar-refractivity contribution in [1.29, 1.82) is 0 Å². The van der Waals surface area contributed by atoms with Crippen molar-refractivity contribution in [3.8, 4) is 0 Å². The van der Waals surface area contributed by atoms with Crippen molar-refractivity contribution >= 4 is 0 Å². The lowest BCUT2D eigenvalue weighted by Gasteiger charge is -2.43. The number of nitrogens with zero attached hydrogens (tertiary/aromatic N) is 1. The van der Waals surface area contributed by atoms with Crippen LogP contribution in [0, 0.1) is 5.41 Å². The van der Waals surface area contributed by atoms with Crippen LogP contribution in [-0.4, -0.2) is 41.5 Å². The van der Waals surface area contributed by atoms with Gasteiger partial charge < -0.3 is 10.2 Å². The maximum atomic E-state index is 9.89. The van der Waals surface area contributed by atoms with E-state index >= 15 is 0 Å². The van der Waals surface area contributed by atoms with Gasteiger partial charge in [-0.05, 0) is 21.0 Å². The first-order chi connectivity index (χ1) is 4.75. The first-order valence-corrected chi connectivity index (χ1v) is 3.76. The lowest BCUT2D eigenvalue weighted by molar-refractivity contribution is -0.165. The van der Waals surface area contributed by atoms with E-state index < -0.39 is 11.1 Å². The molecule has 0 rings (SSSR count). The first kappa shape index (κ1) is 10.9. The topological polar surface area (TPSA) is 43.7 Å². The minimum absolute atomic E-state index is 0.0296. The van der Waals surface area contributed by atoms with E-state index in [4.69, 9.17) is 5.11 Å². The molecule has 0 saturated carbocycles. The molecular weight excluding hydrogens is 142 g/mol. The zero-order valence-corrected chi connectivity index (χ0v) is 8.05. The minimum atomic E-state index is -0.970. The number of rotatable bonds is 3. The van der Waals surface area contributed by atoms with Gasteiger partial charge in [-0.15, -0.1) is 0 Å². The van der Waals surface area contributed by atoms with Crippen molar-refractivity contribution in [1.82, 2.24) is 4.90 Å². The molecular formula is C8H19NO2. The largest absolute Gasteiger partial charge is 0.396 e. The summed E-state index contributed by atoms with van der Waals surface area (Å²) in [6, 6.07) is 0. The zero-order valence-electron chi connectivity index (χ0n) is 8.05. The number of hydrogen-bond acceptors (Lipinski definition) is 3. The molecule has 11 heavy (non-hydrogen) atoms. The quantitative estimate of drug-likeness (QED) is 0.584. The maximum Gasteiger partial charge on any atom is 0.122 e. The van der Waals surface area contributed by atoms with Crippen molar-refractivity contribution in [3.05, 3.63) is 0 Å². The molecule has 0 saturated heterocycles. The van der Waals surface area contributed by atoms with Crippen LogP contribution in [0.1, 0.15) is 20.8 Å². The summed E-state index contributed by atoms with van der Waals surface area (Å²) in [4.78, 5) is 1.70. The van der Waals surface area contributed by atoms with Crippen molar-refractivity contribution in [2.45, 2.75) is 26.5 Å². The molecule has 0 aliphatic rings. The number of aliphatic hydroxyl groups is 2. The van der Waals surface area contributed by atoms with Gasteiger partial charge in [-0.25, -0.2) is 0 Å². The Bertz CT molecular complexity index is 130. The highest BCUT2D eigenvalue weighted by Crippen LogP contribution is 2.31. The highest BCUT2D eigenvalue weighted by molar-refractivity contribution is 4.86. The second-order valence-corrected chi connectivity index (χ2v) is 3.96. The predicted octanol–water partition coefficient (Wildman–Crippen LogP) is 0.275. The van der Waals surface area contributed by atoms with E-state index in [2.05, 4.69) is 0 Å². The summed E-state index contributed by atoms with van der Waals surface area (Å²) < 4.78 is 0. The average Bonchev–Trinajstić information content (AvgIpc) is 1.87. The van der Waals surface area contributed by atoms with E-state index in [1.165, 1.54) is 0 Å². The monoisotopic (exact) mass is 161 g/mol. The molecule has 1 unspecified atom stereocenters. The van der Waals surface area contributed by atoms with Gasteiger partial charge in [-0.3, -0.25) is 4.90 Å². The van der Waals surface area contributed by atoms with E-state index in [1.54, 1.807) is 25.9 Å². The minimum Gasteiger partial charge on any atom is -0.396 e. The molecule has 0 aliphatic heterocycles. The number of hydrogen-bond donors (Lipinski definition) is 2.